The van der Waals surface area contributed by atoms with Gasteiger partial charge in [0.25, 0.3) is 5.56 Å². The Bertz CT molecular complexity index is 513. The maximum atomic E-state index is 11.4. The van der Waals surface area contributed by atoms with Crippen molar-refractivity contribution >= 4 is 0 Å². The molecule has 0 fully saturated rings. The van der Waals surface area contributed by atoms with Gasteiger partial charge in [0.15, 0.2) is 0 Å². The van der Waals surface area contributed by atoms with Gasteiger partial charge in [0.2, 0.25) is 0 Å². The molecule has 0 unspecified atom stereocenters. The first kappa shape index (κ1) is 10.7. The number of pyridine rings is 1. The van der Waals surface area contributed by atoms with Crippen molar-refractivity contribution in [2.24, 2.45) is 5.73 Å². The second kappa shape index (κ2) is 4.81. The van der Waals surface area contributed by atoms with E-state index < -0.39 is 0 Å². The number of aromatic nitrogens is 2. The van der Waals surface area contributed by atoms with Crippen LogP contribution < -0.4 is 11.3 Å². The van der Waals surface area contributed by atoms with Crippen molar-refractivity contribution in [2.45, 2.75) is 19.6 Å². The predicted molar refractivity (Wildman–Crippen MR) is 63.0 cm³/mol. The van der Waals surface area contributed by atoms with Gasteiger partial charge < -0.3 is 14.9 Å². The Morgan fingerprint density at radius 2 is 2.00 bits per heavy atom. The highest BCUT2D eigenvalue weighted by molar-refractivity contribution is 5.09. The second-order valence-corrected chi connectivity index (χ2v) is 3.69. The average molecular weight is 217 g/mol. The fourth-order valence-corrected chi connectivity index (χ4v) is 1.62. The summed E-state index contributed by atoms with van der Waals surface area (Å²) in [4.78, 5) is 11.4. The quantitative estimate of drug-likeness (QED) is 0.824. The van der Waals surface area contributed by atoms with E-state index in [1.807, 2.05) is 29.1 Å². The zero-order chi connectivity index (χ0) is 11.4. The highest BCUT2D eigenvalue weighted by atomic mass is 16.1. The van der Waals surface area contributed by atoms with Crippen LogP contribution in [0.4, 0.5) is 0 Å². The Balaban J connectivity index is 2.02. The van der Waals surface area contributed by atoms with Crippen LogP contribution in [0.1, 0.15) is 5.56 Å². The van der Waals surface area contributed by atoms with Gasteiger partial charge in [-0.3, -0.25) is 4.79 Å². The van der Waals surface area contributed by atoms with E-state index in [-0.39, 0.29) is 5.56 Å². The molecule has 0 spiro atoms. The monoisotopic (exact) mass is 217 g/mol. The molecule has 0 aliphatic rings. The molecule has 16 heavy (non-hydrogen) atoms. The lowest BCUT2D eigenvalue weighted by molar-refractivity contribution is 0.566. The molecule has 0 aliphatic heterocycles. The Morgan fingerprint density at radius 3 is 2.69 bits per heavy atom. The Hall–Kier alpha value is -1.81. The van der Waals surface area contributed by atoms with Crippen LogP contribution in [-0.2, 0) is 19.6 Å². The molecule has 2 N–H and O–H groups in total. The first-order valence-corrected chi connectivity index (χ1v) is 5.30. The van der Waals surface area contributed by atoms with Crippen molar-refractivity contribution in [1.29, 1.82) is 0 Å². The summed E-state index contributed by atoms with van der Waals surface area (Å²) in [5.41, 5.74) is 6.67. The van der Waals surface area contributed by atoms with Crippen LogP contribution in [-0.4, -0.2) is 9.13 Å². The minimum Gasteiger partial charge on any atom is -0.352 e. The van der Waals surface area contributed by atoms with Crippen LogP contribution in [0.15, 0.2) is 47.7 Å². The summed E-state index contributed by atoms with van der Waals surface area (Å²) in [6.07, 6.45) is 5.79. The lowest BCUT2D eigenvalue weighted by Gasteiger charge is -2.05. The lowest BCUT2D eigenvalue weighted by Crippen LogP contribution is -2.20. The van der Waals surface area contributed by atoms with Gasteiger partial charge in [0.05, 0.1) is 0 Å². The van der Waals surface area contributed by atoms with Crippen LogP contribution >= 0.6 is 0 Å². The van der Waals surface area contributed by atoms with Crippen molar-refractivity contribution in [3.8, 4) is 0 Å². The third-order valence-corrected chi connectivity index (χ3v) is 2.55. The van der Waals surface area contributed by atoms with E-state index >= 15 is 0 Å². The number of nitrogens with zero attached hydrogens (tertiary/aromatic N) is 2. The molecular weight excluding hydrogens is 202 g/mol. The van der Waals surface area contributed by atoms with E-state index in [1.54, 1.807) is 22.9 Å². The molecule has 2 rings (SSSR count). The molecule has 0 atom stereocenters. The van der Waals surface area contributed by atoms with Crippen LogP contribution in [0.5, 0.6) is 0 Å². The minimum atomic E-state index is 0.0358. The number of nitrogens with two attached hydrogens (primary N) is 1. The van der Waals surface area contributed by atoms with Gasteiger partial charge >= 0.3 is 0 Å². The fraction of sp³-hybridized carbons (Fsp3) is 0.250. The standard InChI is InChI=1S/C12H15N3O/c13-9-11-4-6-14(10-11)7-8-15-5-2-1-3-12(15)16/h1-6,10H,7-9,13H2. The van der Waals surface area contributed by atoms with E-state index in [0.717, 1.165) is 12.1 Å². The van der Waals surface area contributed by atoms with Gasteiger partial charge in [-0.25, -0.2) is 0 Å². The second-order valence-electron chi connectivity index (χ2n) is 3.69. The first-order valence-electron chi connectivity index (χ1n) is 5.30. The Kier molecular flexibility index (Phi) is 3.22. The SMILES string of the molecule is NCc1ccn(CCn2ccccc2=O)c1. The topological polar surface area (TPSA) is 52.9 Å². The predicted octanol–water partition coefficient (Wildman–Crippen LogP) is 0.809. The van der Waals surface area contributed by atoms with Crippen molar-refractivity contribution in [1.82, 2.24) is 9.13 Å². The maximum absolute atomic E-state index is 11.4. The molecule has 4 nitrogen and oxygen atoms in total. The van der Waals surface area contributed by atoms with E-state index in [4.69, 9.17) is 5.73 Å². The summed E-state index contributed by atoms with van der Waals surface area (Å²) in [6.45, 7) is 2.01. The first-order chi connectivity index (χ1) is 7.79. The molecule has 0 amide bonds. The summed E-state index contributed by atoms with van der Waals surface area (Å²) in [6, 6.07) is 7.18. The van der Waals surface area contributed by atoms with Gasteiger partial charge in [0, 0.05) is 44.3 Å². The highest BCUT2D eigenvalue weighted by Gasteiger charge is 1.96. The van der Waals surface area contributed by atoms with Crippen molar-refractivity contribution in [3.05, 3.63) is 58.8 Å². The van der Waals surface area contributed by atoms with Gasteiger partial charge in [-0.05, 0) is 17.7 Å². The van der Waals surface area contributed by atoms with Crippen LogP contribution in [0.25, 0.3) is 0 Å². The molecule has 0 radical (unpaired) electrons. The van der Waals surface area contributed by atoms with E-state index in [2.05, 4.69) is 0 Å². The van der Waals surface area contributed by atoms with Crippen molar-refractivity contribution < 1.29 is 0 Å². The van der Waals surface area contributed by atoms with Gasteiger partial charge in [-0.15, -0.1) is 0 Å². The third-order valence-electron chi connectivity index (χ3n) is 2.55. The summed E-state index contributed by atoms with van der Waals surface area (Å²) in [5, 5.41) is 0. The molecule has 0 saturated heterocycles. The third kappa shape index (κ3) is 2.41. The minimum absolute atomic E-state index is 0.0358. The van der Waals surface area contributed by atoms with Gasteiger partial charge in [0.1, 0.15) is 0 Å². The summed E-state index contributed by atoms with van der Waals surface area (Å²) < 4.78 is 3.74. The Labute approximate surface area is 93.9 Å². The molecule has 2 heterocycles. The average Bonchev–Trinajstić information content (AvgIpc) is 2.76. The van der Waals surface area contributed by atoms with Gasteiger partial charge in [-0.2, -0.15) is 0 Å². The summed E-state index contributed by atoms with van der Waals surface area (Å²) >= 11 is 0. The van der Waals surface area contributed by atoms with E-state index in [1.165, 1.54) is 0 Å². The number of hydrogen-bond donors (Lipinski definition) is 1. The number of aryl methyl sites for hydroxylation is 2. The molecule has 2 aromatic rings. The van der Waals surface area contributed by atoms with E-state index in [0.29, 0.717) is 13.1 Å². The highest BCUT2D eigenvalue weighted by Crippen LogP contribution is 2.00. The van der Waals surface area contributed by atoms with Crippen LogP contribution in [0.2, 0.25) is 0 Å². The fourth-order valence-electron chi connectivity index (χ4n) is 1.62. The Morgan fingerprint density at radius 1 is 1.12 bits per heavy atom. The zero-order valence-corrected chi connectivity index (χ0v) is 9.04. The normalized spacial score (nSPS) is 10.6. The number of rotatable bonds is 4. The summed E-state index contributed by atoms with van der Waals surface area (Å²) in [7, 11) is 0. The molecule has 0 saturated carbocycles. The van der Waals surface area contributed by atoms with Crippen LogP contribution in [0.3, 0.4) is 0 Å². The zero-order valence-electron chi connectivity index (χ0n) is 9.04. The van der Waals surface area contributed by atoms with Crippen molar-refractivity contribution in [2.75, 3.05) is 0 Å². The largest absolute Gasteiger partial charge is 0.352 e. The molecule has 84 valence electrons. The molecule has 0 aromatic carbocycles. The summed E-state index contributed by atoms with van der Waals surface area (Å²) in [5.74, 6) is 0. The molecule has 4 heteroatoms. The van der Waals surface area contributed by atoms with Crippen molar-refractivity contribution in [3.63, 3.8) is 0 Å². The molecule has 0 bridgehead atoms. The lowest BCUT2D eigenvalue weighted by atomic mass is 10.3. The van der Waals surface area contributed by atoms with E-state index in [9.17, 15) is 4.79 Å². The molecular formula is C12H15N3O. The van der Waals surface area contributed by atoms with Crippen LogP contribution in [0, 0.1) is 0 Å². The smallest absolute Gasteiger partial charge is 0.250 e. The number of hydrogen-bond acceptors (Lipinski definition) is 2. The molecule has 0 aliphatic carbocycles. The molecule has 2 aromatic heterocycles. The van der Waals surface area contributed by atoms with Gasteiger partial charge in [-0.1, -0.05) is 6.07 Å². The maximum Gasteiger partial charge on any atom is 0.250 e.